The summed E-state index contributed by atoms with van der Waals surface area (Å²) in [5.41, 5.74) is 2.03. The van der Waals surface area contributed by atoms with Gasteiger partial charge in [0.2, 0.25) is 0 Å². The predicted octanol–water partition coefficient (Wildman–Crippen LogP) is 2.84. The number of hydrogen-bond acceptors (Lipinski definition) is 3. The van der Waals surface area contributed by atoms with Crippen molar-refractivity contribution in [2.75, 3.05) is 0 Å². The molecule has 2 aromatic rings. The predicted molar refractivity (Wildman–Crippen MR) is 76.1 cm³/mol. The zero-order valence-corrected chi connectivity index (χ0v) is 11.9. The van der Waals surface area contributed by atoms with E-state index in [1.807, 2.05) is 13.8 Å². The van der Waals surface area contributed by atoms with Crippen molar-refractivity contribution in [3.63, 3.8) is 0 Å². The Morgan fingerprint density at radius 3 is 2.55 bits per heavy atom. The molecule has 0 saturated heterocycles. The van der Waals surface area contributed by atoms with Gasteiger partial charge in [-0.15, -0.1) is 0 Å². The van der Waals surface area contributed by atoms with Gasteiger partial charge in [-0.1, -0.05) is 13.8 Å². The number of hydrogen-bond donors (Lipinski definition) is 1. The van der Waals surface area contributed by atoms with Crippen molar-refractivity contribution in [1.29, 1.82) is 0 Å². The van der Waals surface area contributed by atoms with Crippen molar-refractivity contribution in [2.24, 2.45) is 0 Å². The lowest BCUT2D eigenvalue weighted by Crippen LogP contribution is -2.20. The smallest absolute Gasteiger partial charge is 0.326 e. The summed E-state index contributed by atoms with van der Waals surface area (Å²) in [5, 5.41) is 9.36. The topological polar surface area (TPSA) is 72.2 Å². The van der Waals surface area contributed by atoms with Crippen LogP contribution in [0.5, 0.6) is 0 Å². The second kappa shape index (κ2) is 5.45. The summed E-state index contributed by atoms with van der Waals surface area (Å²) in [6.07, 6.45) is 1.14. The molecule has 0 aliphatic carbocycles. The molecule has 1 atom stereocenters. The van der Waals surface area contributed by atoms with Gasteiger partial charge in [0.05, 0.1) is 11.0 Å². The molecule has 106 valence electrons. The third-order valence-corrected chi connectivity index (χ3v) is 3.47. The highest BCUT2D eigenvalue weighted by Crippen LogP contribution is 2.25. The van der Waals surface area contributed by atoms with Gasteiger partial charge < -0.3 is 9.67 Å². The molecule has 1 aromatic heterocycles. The van der Waals surface area contributed by atoms with E-state index < -0.39 is 12.0 Å². The number of aliphatic carboxylic acids is 1. The Kier molecular flexibility index (Phi) is 3.88. The van der Waals surface area contributed by atoms with Gasteiger partial charge in [0, 0.05) is 12.0 Å². The number of aromatic nitrogens is 2. The first kappa shape index (κ1) is 14.2. The van der Waals surface area contributed by atoms with Gasteiger partial charge in [0.1, 0.15) is 11.9 Å². The molecule has 0 aliphatic heterocycles. The number of carboxylic acids is 1. The maximum Gasteiger partial charge on any atom is 0.326 e. The minimum atomic E-state index is -0.864. The third kappa shape index (κ3) is 2.31. The molecule has 20 heavy (non-hydrogen) atoms. The fourth-order valence-corrected chi connectivity index (χ4v) is 2.43. The molecule has 0 amide bonds. The molecule has 1 N–H and O–H groups in total. The molecule has 0 aliphatic rings. The van der Waals surface area contributed by atoms with E-state index in [1.54, 1.807) is 22.8 Å². The van der Waals surface area contributed by atoms with Crippen LogP contribution in [0.2, 0.25) is 0 Å². The molecule has 2 rings (SSSR count). The van der Waals surface area contributed by atoms with Crippen molar-refractivity contribution in [3.05, 3.63) is 29.6 Å². The van der Waals surface area contributed by atoms with Gasteiger partial charge in [-0.25, -0.2) is 9.78 Å². The summed E-state index contributed by atoms with van der Waals surface area (Å²) in [6.45, 7) is 5.29. The lowest BCUT2D eigenvalue weighted by molar-refractivity contribution is -0.140. The fourth-order valence-electron chi connectivity index (χ4n) is 2.43. The molecular formula is C15H18N2O3. The van der Waals surface area contributed by atoms with Gasteiger partial charge in [0.15, 0.2) is 5.78 Å². The van der Waals surface area contributed by atoms with Crippen molar-refractivity contribution in [1.82, 2.24) is 9.55 Å². The summed E-state index contributed by atoms with van der Waals surface area (Å²) < 4.78 is 1.77. The van der Waals surface area contributed by atoms with Crippen molar-refractivity contribution in [3.8, 4) is 0 Å². The van der Waals surface area contributed by atoms with E-state index in [9.17, 15) is 14.7 Å². The Labute approximate surface area is 117 Å². The van der Waals surface area contributed by atoms with E-state index in [1.165, 1.54) is 6.92 Å². The average Bonchev–Trinajstić information content (AvgIpc) is 2.77. The summed E-state index contributed by atoms with van der Waals surface area (Å²) in [4.78, 5) is 27.3. The Bertz CT molecular complexity index is 673. The van der Waals surface area contributed by atoms with Crippen LogP contribution >= 0.6 is 0 Å². The van der Waals surface area contributed by atoms with Crippen LogP contribution in [0.15, 0.2) is 18.2 Å². The highest BCUT2D eigenvalue weighted by molar-refractivity contribution is 5.97. The molecule has 0 saturated carbocycles. The number of carboxylic acid groups (broad SMARTS) is 1. The van der Waals surface area contributed by atoms with E-state index in [4.69, 9.17) is 0 Å². The average molecular weight is 274 g/mol. The second-order valence-electron chi connectivity index (χ2n) is 4.77. The number of nitrogens with zero attached hydrogens (tertiary/aromatic N) is 2. The first-order chi connectivity index (χ1) is 9.49. The number of imidazole rings is 1. The number of Topliss-reactive ketones (excluding diaryl/α,β-unsaturated/α-hetero) is 1. The molecule has 0 bridgehead atoms. The number of ketones is 1. The summed E-state index contributed by atoms with van der Waals surface area (Å²) in [5.74, 6) is -0.156. The van der Waals surface area contributed by atoms with E-state index in [0.717, 1.165) is 11.3 Å². The third-order valence-electron chi connectivity index (χ3n) is 3.47. The van der Waals surface area contributed by atoms with Crippen LogP contribution in [0.4, 0.5) is 0 Å². The Morgan fingerprint density at radius 1 is 1.35 bits per heavy atom. The van der Waals surface area contributed by atoms with E-state index in [2.05, 4.69) is 4.98 Å². The molecule has 1 heterocycles. The molecule has 0 spiro atoms. The molecule has 1 unspecified atom stereocenters. The van der Waals surface area contributed by atoms with Gasteiger partial charge in [-0.3, -0.25) is 4.79 Å². The molecular weight excluding hydrogens is 256 g/mol. The van der Waals surface area contributed by atoms with Crippen LogP contribution in [0, 0.1) is 0 Å². The van der Waals surface area contributed by atoms with Crippen LogP contribution in [-0.2, 0) is 11.2 Å². The standard InChI is InChI=1S/C15H18N2O3/c1-4-12(15(19)20)17-13-7-6-10(9(3)18)8-11(13)16-14(17)5-2/h6-8,12H,4-5H2,1-3H3,(H,19,20). The van der Waals surface area contributed by atoms with Crippen LogP contribution in [-0.4, -0.2) is 26.4 Å². The van der Waals surface area contributed by atoms with Crippen molar-refractivity contribution in [2.45, 2.75) is 39.7 Å². The Morgan fingerprint density at radius 2 is 2.05 bits per heavy atom. The number of carbonyl (C=O) groups excluding carboxylic acids is 1. The van der Waals surface area contributed by atoms with Crippen LogP contribution in [0.1, 0.15) is 49.4 Å². The number of fused-ring (bicyclic) bond motifs is 1. The Balaban J connectivity index is 2.69. The molecule has 0 radical (unpaired) electrons. The normalized spacial score (nSPS) is 12.6. The minimum absolute atomic E-state index is 0.0234. The maximum absolute atomic E-state index is 11.4. The number of aryl methyl sites for hydroxylation is 1. The molecule has 5 heteroatoms. The molecule has 5 nitrogen and oxygen atoms in total. The summed E-state index contributed by atoms with van der Waals surface area (Å²) in [6, 6.07) is 4.60. The highest BCUT2D eigenvalue weighted by atomic mass is 16.4. The largest absolute Gasteiger partial charge is 0.480 e. The molecule has 1 aromatic carbocycles. The fraction of sp³-hybridized carbons (Fsp3) is 0.400. The quantitative estimate of drug-likeness (QED) is 0.851. The first-order valence-electron chi connectivity index (χ1n) is 6.74. The lowest BCUT2D eigenvalue weighted by Gasteiger charge is -2.15. The van der Waals surface area contributed by atoms with E-state index in [-0.39, 0.29) is 5.78 Å². The molecule has 0 fully saturated rings. The van der Waals surface area contributed by atoms with Gasteiger partial charge in [0.25, 0.3) is 0 Å². The summed E-state index contributed by atoms with van der Waals surface area (Å²) >= 11 is 0. The van der Waals surface area contributed by atoms with Crippen LogP contribution in [0.25, 0.3) is 11.0 Å². The van der Waals surface area contributed by atoms with Gasteiger partial charge in [-0.2, -0.15) is 0 Å². The number of carbonyl (C=O) groups is 2. The first-order valence-corrected chi connectivity index (χ1v) is 6.74. The number of rotatable bonds is 5. The maximum atomic E-state index is 11.4. The Hall–Kier alpha value is -2.17. The van der Waals surface area contributed by atoms with E-state index in [0.29, 0.717) is 23.9 Å². The van der Waals surface area contributed by atoms with E-state index >= 15 is 0 Å². The summed E-state index contributed by atoms with van der Waals surface area (Å²) in [7, 11) is 0. The monoisotopic (exact) mass is 274 g/mol. The minimum Gasteiger partial charge on any atom is -0.480 e. The van der Waals surface area contributed by atoms with Gasteiger partial charge >= 0.3 is 5.97 Å². The van der Waals surface area contributed by atoms with Crippen molar-refractivity contribution >= 4 is 22.8 Å². The van der Waals surface area contributed by atoms with Crippen LogP contribution < -0.4 is 0 Å². The number of benzene rings is 1. The van der Waals surface area contributed by atoms with Gasteiger partial charge in [-0.05, 0) is 31.5 Å². The second-order valence-corrected chi connectivity index (χ2v) is 4.77. The van der Waals surface area contributed by atoms with Crippen molar-refractivity contribution < 1.29 is 14.7 Å². The highest BCUT2D eigenvalue weighted by Gasteiger charge is 2.23. The SMILES string of the molecule is CCc1nc2cc(C(C)=O)ccc2n1C(CC)C(=O)O. The van der Waals surface area contributed by atoms with Crippen LogP contribution in [0.3, 0.4) is 0 Å². The zero-order valence-electron chi connectivity index (χ0n) is 11.9. The lowest BCUT2D eigenvalue weighted by atomic mass is 10.1. The zero-order chi connectivity index (χ0) is 14.9.